The molecule has 3 nitrogen and oxygen atoms in total. The molecule has 0 atom stereocenters. The van der Waals surface area contributed by atoms with Crippen molar-refractivity contribution < 1.29 is 9.90 Å². The van der Waals surface area contributed by atoms with Crippen molar-refractivity contribution in [3.63, 3.8) is 0 Å². The van der Waals surface area contributed by atoms with Crippen molar-refractivity contribution >= 4 is 17.2 Å². The molecule has 1 aromatic heterocycles. The van der Waals surface area contributed by atoms with E-state index in [2.05, 4.69) is 5.32 Å². The van der Waals surface area contributed by atoms with Crippen LogP contribution in [0.25, 0.3) is 0 Å². The molecule has 1 fully saturated rings. The van der Waals surface area contributed by atoms with Crippen molar-refractivity contribution in [1.82, 2.24) is 5.32 Å². The highest BCUT2D eigenvalue weighted by Crippen LogP contribution is 2.44. The van der Waals surface area contributed by atoms with Crippen LogP contribution in [0.4, 0.5) is 0 Å². The van der Waals surface area contributed by atoms with E-state index in [1.807, 2.05) is 17.5 Å². The molecule has 1 saturated carbocycles. The molecule has 1 heterocycles. The Kier molecular flexibility index (Phi) is 3.61. The lowest BCUT2D eigenvalue weighted by Crippen LogP contribution is -2.31. The number of thiophene rings is 1. The van der Waals surface area contributed by atoms with E-state index in [4.69, 9.17) is 5.11 Å². The summed E-state index contributed by atoms with van der Waals surface area (Å²) in [6.45, 7) is 0.824. The van der Waals surface area contributed by atoms with Crippen LogP contribution in [-0.2, 0) is 11.2 Å². The van der Waals surface area contributed by atoms with Crippen LogP contribution in [0.2, 0.25) is 0 Å². The normalized spacial score (nSPS) is 17.1. The Morgan fingerprint density at radius 2 is 2.38 bits per heavy atom. The van der Waals surface area contributed by atoms with Gasteiger partial charge in [0.05, 0.1) is 6.61 Å². The van der Waals surface area contributed by atoms with Crippen molar-refractivity contribution in [2.24, 2.45) is 5.41 Å². The minimum absolute atomic E-state index is 0.0125. The number of aliphatic hydroxyl groups is 1. The van der Waals surface area contributed by atoms with E-state index in [1.54, 1.807) is 11.3 Å². The second kappa shape index (κ2) is 4.97. The molecule has 0 saturated heterocycles. The predicted molar refractivity (Wildman–Crippen MR) is 64.4 cm³/mol. The number of carbonyl (C=O) groups is 1. The number of carbonyl (C=O) groups excluding carboxylic acids is 1. The van der Waals surface area contributed by atoms with Crippen LogP contribution >= 0.6 is 11.3 Å². The molecule has 1 aliphatic rings. The molecule has 1 aliphatic carbocycles. The lowest BCUT2D eigenvalue weighted by atomic mass is 10.1. The van der Waals surface area contributed by atoms with Gasteiger partial charge in [-0.3, -0.25) is 4.79 Å². The van der Waals surface area contributed by atoms with E-state index >= 15 is 0 Å². The summed E-state index contributed by atoms with van der Waals surface area (Å²) in [6.07, 6.45) is 3.43. The molecule has 88 valence electrons. The lowest BCUT2D eigenvalue weighted by molar-refractivity contribution is -0.121. The number of aliphatic hydroxyl groups excluding tert-OH is 1. The fraction of sp³-hybridized carbons (Fsp3) is 0.583. The van der Waals surface area contributed by atoms with Crippen molar-refractivity contribution in [3.05, 3.63) is 22.4 Å². The Morgan fingerprint density at radius 3 is 2.94 bits per heavy atom. The second-order valence-corrected chi connectivity index (χ2v) is 5.55. The summed E-state index contributed by atoms with van der Waals surface area (Å²) in [7, 11) is 0. The summed E-state index contributed by atoms with van der Waals surface area (Å²) in [4.78, 5) is 12.8. The number of amides is 1. The Balaban J connectivity index is 1.65. The summed E-state index contributed by atoms with van der Waals surface area (Å²) < 4.78 is 0. The topological polar surface area (TPSA) is 49.3 Å². The zero-order valence-electron chi connectivity index (χ0n) is 9.24. The van der Waals surface area contributed by atoms with Crippen LogP contribution in [0.3, 0.4) is 0 Å². The van der Waals surface area contributed by atoms with E-state index in [-0.39, 0.29) is 17.9 Å². The van der Waals surface area contributed by atoms with Crippen LogP contribution in [-0.4, -0.2) is 24.2 Å². The molecule has 0 aliphatic heterocycles. The standard InChI is InChI=1S/C12H17NO2S/c14-9-12(5-6-12)8-13-11(15)4-3-10-2-1-7-16-10/h1-2,7,14H,3-6,8-9H2,(H,13,15). The molecule has 16 heavy (non-hydrogen) atoms. The van der Waals surface area contributed by atoms with Crippen LogP contribution in [0.1, 0.15) is 24.1 Å². The zero-order chi connectivity index (χ0) is 11.4. The van der Waals surface area contributed by atoms with Crippen LogP contribution in [0.15, 0.2) is 17.5 Å². The van der Waals surface area contributed by atoms with Gasteiger partial charge in [-0.05, 0) is 30.7 Å². The van der Waals surface area contributed by atoms with E-state index in [0.717, 1.165) is 19.3 Å². The average Bonchev–Trinajstić information content (AvgIpc) is 2.90. The highest BCUT2D eigenvalue weighted by atomic mass is 32.1. The maximum absolute atomic E-state index is 11.5. The second-order valence-electron chi connectivity index (χ2n) is 4.51. The maximum Gasteiger partial charge on any atom is 0.220 e. The smallest absolute Gasteiger partial charge is 0.220 e. The molecule has 1 aromatic rings. The summed E-state index contributed by atoms with van der Waals surface area (Å²) in [6, 6.07) is 4.05. The SMILES string of the molecule is O=C(CCc1cccs1)NCC1(CO)CC1. The highest BCUT2D eigenvalue weighted by molar-refractivity contribution is 7.09. The molecule has 2 N–H and O–H groups in total. The van der Waals surface area contributed by atoms with Gasteiger partial charge >= 0.3 is 0 Å². The quantitative estimate of drug-likeness (QED) is 0.791. The largest absolute Gasteiger partial charge is 0.396 e. The first-order chi connectivity index (χ1) is 7.74. The highest BCUT2D eigenvalue weighted by Gasteiger charge is 2.41. The van der Waals surface area contributed by atoms with Crippen molar-refractivity contribution in [1.29, 1.82) is 0 Å². The van der Waals surface area contributed by atoms with Gasteiger partial charge in [0.25, 0.3) is 0 Å². The molecule has 0 aromatic carbocycles. The van der Waals surface area contributed by atoms with Gasteiger partial charge in [0.2, 0.25) is 5.91 Å². The van der Waals surface area contributed by atoms with E-state index in [0.29, 0.717) is 13.0 Å². The van der Waals surface area contributed by atoms with E-state index in [1.165, 1.54) is 4.88 Å². The third-order valence-corrected chi connectivity index (χ3v) is 4.07. The first-order valence-electron chi connectivity index (χ1n) is 5.64. The Morgan fingerprint density at radius 1 is 1.56 bits per heavy atom. The van der Waals surface area contributed by atoms with E-state index < -0.39 is 0 Å². The third-order valence-electron chi connectivity index (χ3n) is 3.13. The van der Waals surface area contributed by atoms with Crippen molar-refractivity contribution in [2.45, 2.75) is 25.7 Å². The number of rotatable bonds is 6. The predicted octanol–water partition coefficient (Wildman–Crippen LogP) is 1.57. The van der Waals surface area contributed by atoms with Gasteiger partial charge in [-0.25, -0.2) is 0 Å². The Hall–Kier alpha value is -0.870. The summed E-state index contributed by atoms with van der Waals surface area (Å²) >= 11 is 1.69. The summed E-state index contributed by atoms with van der Waals surface area (Å²) in [5.74, 6) is 0.0909. The van der Waals surface area contributed by atoms with Gasteiger partial charge in [-0.1, -0.05) is 6.07 Å². The van der Waals surface area contributed by atoms with Gasteiger partial charge in [0, 0.05) is 23.3 Å². The fourth-order valence-electron chi connectivity index (χ4n) is 1.63. The Bertz CT molecular complexity index is 344. The molecule has 1 amide bonds. The number of hydrogen-bond acceptors (Lipinski definition) is 3. The van der Waals surface area contributed by atoms with Crippen molar-refractivity contribution in [2.75, 3.05) is 13.2 Å². The molecule has 4 heteroatoms. The van der Waals surface area contributed by atoms with Gasteiger partial charge < -0.3 is 10.4 Å². The van der Waals surface area contributed by atoms with Crippen LogP contribution < -0.4 is 5.32 Å². The fourth-order valence-corrected chi connectivity index (χ4v) is 2.34. The van der Waals surface area contributed by atoms with Gasteiger partial charge in [-0.2, -0.15) is 0 Å². The summed E-state index contributed by atoms with van der Waals surface area (Å²) in [5, 5.41) is 14.0. The molecule has 0 spiro atoms. The lowest BCUT2D eigenvalue weighted by Gasteiger charge is -2.12. The molecule has 0 bridgehead atoms. The molecule has 0 unspecified atom stereocenters. The minimum atomic E-state index is 0.0125. The molecule has 0 radical (unpaired) electrons. The average molecular weight is 239 g/mol. The molecular weight excluding hydrogens is 222 g/mol. The van der Waals surface area contributed by atoms with Gasteiger partial charge in [0.1, 0.15) is 0 Å². The Labute approximate surface area is 99.5 Å². The first kappa shape index (κ1) is 11.6. The third kappa shape index (κ3) is 3.06. The number of aryl methyl sites for hydroxylation is 1. The van der Waals surface area contributed by atoms with Gasteiger partial charge in [-0.15, -0.1) is 11.3 Å². The maximum atomic E-state index is 11.5. The van der Waals surface area contributed by atoms with Crippen LogP contribution in [0, 0.1) is 5.41 Å². The van der Waals surface area contributed by atoms with E-state index in [9.17, 15) is 4.79 Å². The zero-order valence-corrected chi connectivity index (χ0v) is 10.1. The minimum Gasteiger partial charge on any atom is -0.396 e. The van der Waals surface area contributed by atoms with Crippen molar-refractivity contribution in [3.8, 4) is 0 Å². The monoisotopic (exact) mass is 239 g/mol. The molecular formula is C12H17NO2S. The summed E-state index contributed by atoms with van der Waals surface area (Å²) in [5.41, 5.74) is 0.0125. The van der Waals surface area contributed by atoms with Gasteiger partial charge in [0.15, 0.2) is 0 Å². The van der Waals surface area contributed by atoms with Crippen LogP contribution in [0.5, 0.6) is 0 Å². The first-order valence-corrected chi connectivity index (χ1v) is 6.52. The number of hydrogen-bond donors (Lipinski definition) is 2. The number of nitrogens with one attached hydrogen (secondary N) is 1. The molecule has 2 rings (SSSR count).